The molecule has 3 heteroatoms. The molecule has 3 nitrogen and oxygen atoms in total. The van der Waals surface area contributed by atoms with E-state index in [4.69, 9.17) is 0 Å². The summed E-state index contributed by atoms with van der Waals surface area (Å²) >= 11 is 0. The number of hydrogen-bond acceptors (Lipinski definition) is 2. The maximum Gasteiger partial charge on any atom is 0.222 e. The van der Waals surface area contributed by atoms with Crippen LogP contribution in [0.15, 0.2) is 36.0 Å². The largest absolute Gasteiger partial charge is 0.392 e. The fourth-order valence-corrected chi connectivity index (χ4v) is 4.71. The third-order valence-corrected chi connectivity index (χ3v) is 6.48. The number of hydrogen-bond donors (Lipinski definition) is 1. The van der Waals surface area contributed by atoms with Crippen molar-refractivity contribution < 1.29 is 9.90 Å². The second kappa shape index (κ2) is 11.6. The second-order valence-corrected chi connectivity index (χ2v) is 9.12. The number of rotatable bonds is 11. The molecule has 28 heavy (non-hydrogen) atoms. The number of unbranched alkanes of at least 4 members (excludes halogenated alkanes) is 2. The Balaban J connectivity index is 1.76. The number of aliphatic hydroxyl groups is 1. The Kier molecular flexibility index (Phi) is 9.50. The highest BCUT2D eigenvalue weighted by Gasteiger charge is 2.42. The van der Waals surface area contributed by atoms with E-state index < -0.39 is 0 Å². The number of carbonyl (C=O) groups is 1. The van der Waals surface area contributed by atoms with Gasteiger partial charge in [0.2, 0.25) is 5.91 Å². The number of aliphatic hydroxyl groups excluding tert-OH is 1. The van der Waals surface area contributed by atoms with Crippen molar-refractivity contribution >= 4 is 5.91 Å². The molecule has 158 valence electrons. The summed E-state index contributed by atoms with van der Waals surface area (Å²) in [5, 5.41) is 10.5. The van der Waals surface area contributed by atoms with Crippen LogP contribution in [0.25, 0.3) is 0 Å². The molecule has 1 amide bonds. The number of nitrogens with zero attached hydrogens (tertiary/aromatic N) is 1. The fraction of sp³-hybridized carbons (Fsp3) is 0.720. The van der Waals surface area contributed by atoms with E-state index in [0.717, 1.165) is 32.1 Å². The molecule has 1 fully saturated rings. The van der Waals surface area contributed by atoms with Crippen molar-refractivity contribution in [2.45, 2.75) is 77.7 Å². The molecule has 0 radical (unpaired) electrons. The van der Waals surface area contributed by atoms with Crippen molar-refractivity contribution in [3.63, 3.8) is 0 Å². The first-order chi connectivity index (χ1) is 13.4. The normalized spacial score (nSPS) is 28.1. The summed E-state index contributed by atoms with van der Waals surface area (Å²) in [6.45, 7) is 4.52. The van der Waals surface area contributed by atoms with Crippen molar-refractivity contribution in [2.24, 2.45) is 23.7 Å². The molecule has 0 saturated heterocycles. The zero-order chi connectivity index (χ0) is 20.5. The zero-order valence-electron chi connectivity index (χ0n) is 18.4. The highest BCUT2D eigenvalue weighted by atomic mass is 16.3. The van der Waals surface area contributed by atoms with Gasteiger partial charge < -0.3 is 10.0 Å². The van der Waals surface area contributed by atoms with E-state index >= 15 is 0 Å². The number of allylic oxidation sites excluding steroid dienone is 5. The van der Waals surface area contributed by atoms with E-state index in [1.54, 1.807) is 10.5 Å². The van der Waals surface area contributed by atoms with Crippen LogP contribution in [0.4, 0.5) is 0 Å². The van der Waals surface area contributed by atoms with Gasteiger partial charge in [0.1, 0.15) is 0 Å². The average molecular weight is 388 g/mol. The summed E-state index contributed by atoms with van der Waals surface area (Å²) in [4.78, 5) is 13.3. The molecule has 0 aliphatic heterocycles. The predicted octanol–water partition coefficient (Wildman–Crippen LogP) is 5.52. The van der Waals surface area contributed by atoms with Gasteiger partial charge in [0.05, 0.1) is 6.10 Å². The van der Waals surface area contributed by atoms with Crippen LogP contribution in [0.2, 0.25) is 0 Å². The van der Waals surface area contributed by atoms with Gasteiger partial charge in [0.15, 0.2) is 0 Å². The Labute approximate surface area is 172 Å². The van der Waals surface area contributed by atoms with Gasteiger partial charge in [0.25, 0.3) is 0 Å². The summed E-state index contributed by atoms with van der Waals surface area (Å²) < 4.78 is 0. The first-order valence-electron chi connectivity index (χ1n) is 11.3. The SMILES string of the molecule is CCCC[C@H](C)/C=C/C=C/[C@@H]1[C@H]2CC(CCCCC(=O)N(C)C)=C[C@H]2C[C@H]1O. The zero-order valence-corrected chi connectivity index (χ0v) is 18.4. The van der Waals surface area contributed by atoms with E-state index in [1.165, 1.54) is 19.3 Å². The van der Waals surface area contributed by atoms with Crippen LogP contribution in [-0.4, -0.2) is 36.1 Å². The quantitative estimate of drug-likeness (QED) is 0.288. The Morgan fingerprint density at radius 2 is 2.07 bits per heavy atom. The van der Waals surface area contributed by atoms with Gasteiger partial charge in [-0.15, -0.1) is 0 Å². The van der Waals surface area contributed by atoms with Gasteiger partial charge in [-0.25, -0.2) is 0 Å². The van der Waals surface area contributed by atoms with Crippen molar-refractivity contribution in [3.05, 3.63) is 36.0 Å². The lowest BCUT2D eigenvalue weighted by Gasteiger charge is -2.18. The van der Waals surface area contributed by atoms with Gasteiger partial charge in [-0.3, -0.25) is 4.79 Å². The second-order valence-electron chi connectivity index (χ2n) is 9.12. The van der Waals surface area contributed by atoms with Crippen LogP contribution in [-0.2, 0) is 4.79 Å². The van der Waals surface area contributed by atoms with Crippen LogP contribution in [0, 0.1) is 23.7 Å². The summed E-state index contributed by atoms with van der Waals surface area (Å²) in [7, 11) is 3.64. The molecule has 1 N–H and O–H groups in total. The molecular weight excluding hydrogens is 346 g/mol. The van der Waals surface area contributed by atoms with E-state index in [-0.39, 0.29) is 17.9 Å². The Morgan fingerprint density at radius 3 is 2.79 bits per heavy atom. The van der Waals surface area contributed by atoms with Gasteiger partial charge in [0, 0.05) is 26.4 Å². The van der Waals surface area contributed by atoms with Crippen molar-refractivity contribution in [2.75, 3.05) is 14.1 Å². The highest BCUT2D eigenvalue weighted by molar-refractivity contribution is 5.75. The standard InChI is InChI=1S/C25H41NO2/c1-5-6-11-19(2)12-7-9-14-22-23-17-20(16-21(23)18-24(22)27)13-8-10-15-25(28)26(3)4/h7,9,12,14,16,19,21-24,27H,5-6,8,10-11,13,15,17-18H2,1-4H3/b12-7+,14-9+/t19-,21-,22+,23-,24+/m0/s1. The predicted molar refractivity (Wildman–Crippen MR) is 118 cm³/mol. The molecule has 0 spiro atoms. The molecule has 1 saturated carbocycles. The van der Waals surface area contributed by atoms with Crippen LogP contribution in [0.1, 0.15) is 71.6 Å². The van der Waals surface area contributed by atoms with Crippen molar-refractivity contribution in [1.82, 2.24) is 4.90 Å². The lowest BCUT2D eigenvalue weighted by Crippen LogP contribution is -2.21. The molecule has 2 rings (SSSR count). The molecule has 2 aliphatic carbocycles. The van der Waals surface area contributed by atoms with Crippen LogP contribution < -0.4 is 0 Å². The molecule has 5 atom stereocenters. The molecule has 0 bridgehead atoms. The molecule has 0 unspecified atom stereocenters. The van der Waals surface area contributed by atoms with Gasteiger partial charge in [-0.1, -0.05) is 62.6 Å². The van der Waals surface area contributed by atoms with E-state index in [2.05, 4.69) is 44.2 Å². The summed E-state index contributed by atoms with van der Waals surface area (Å²) in [6.07, 6.45) is 20.7. The highest BCUT2D eigenvalue weighted by Crippen LogP contribution is 2.48. The van der Waals surface area contributed by atoms with Crippen molar-refractivity contribution in [1.29, 1.82) is 0 Å². The van der Waals surface area contributed by atoms with Gasteiger partial charge in [-0.05, 0) is 56.3 Å². The third kappa shape index (κ3) is 6.92. The fourth-order valence-electron chi connectivity index (χ4n) is 4.71. The first kappa shape index (κ1) is 22.9. The smallest absolute Gasteiger partial charge is 0.222 e. The molecule has 0 aromatic rings. The Bertz CT molecular complexity index is 575. The lowest BCUT2D eigenvalue weighted by atomic mass is 9.88. The minimum absolute atomic E-state index is 0.201. The number of fused-ring (bicyclic) bond motifs is 1. The van der Waals surface area contributed by atoms with E-state index in [9.17, 15) is 9.90 Å². The first-order valence-corrected chi connectivity index (χ1v) is 11.3. The Morgan fingerprint density at radius 1 is 1.29 bits per heavy atom. The van der Waals surface area contributed by atoms with Crippen LogP contribution in [0.5, 0.6) is 0 Å². The molecule has 0 aromatic carbocycles. The van der Waals surface area contributed by atoms with Gasteiger partial charge >= 0.3 is 0 Å². The van der Waals surface area contributed by atoms with Gasteiger partial charge in [-0.2, -0.15) is 0 Å². The lowest BCUT2D eigenvalue weighted by molar-refractivity contribution is -0.128. The molecule has 0 heterocycles. The topological polar surface area (TPSA) is 40.5 Å². The summed E-state index contributed by atoms with van der Waals surface area (Å²) in [6, 6.07) is 0. The van der Waals surface area contributed by atoms with E-state index in [0.29, 0.717) is 24.2 Å². The monoisotopic (exact) mass is 387 g/mol. The molecular formula is C25H41NO2. The van der Waals surface area contributed by atoms with Crippen LogP contribution >= 0.6 is 0 Å². The molecule has 0 aromatic heterocycles. The van der Waals surface area contributed by atoms with Crippen molar-refractivity contribution in [3.8, 4) is 0 Å². The maximum atomic E-state index is 11.7. The minimum Gasteiger partial charge on any atom is -0.392 e. The molecule has 2 aliphatic rings. The summed E-state index contributed by atoms with van der Waals surface area (Å²) in [5.74, 6) is 2.24. The minimum atomic E-state index is -0.201. The summed E-state index contributed by atoms with van der Waals surface area (Å²) in [5.41, 5.74) is 1.54. The third-order valence-electron chi connectivity index (χ3n) is 6.48. The average Bonchev–Trinajstić information content (AvgIpc) is 3.17. The van der Waals surface area contributed by atoms with E-state index in [1.807, 2.05) is 14.1 Å². The Hall–Kier alpha value is -1.35. The maximum absolute atomic E-state index is 11.7. The number of carbonyl (C=O) groups excluding carboxylic acids is 1. The van der Waals surface area contributed by atoms with Crippen LogP contribution in [0.3, 0.4) is 0 Å². The number of amides is 1.